The Bertz CT molecular complexity index is 2660. The molecule has 0 fully saturated rings. The first kappa shape index (κ1) is 37.1. The van der Waals surface area contributed by atoms with E-state index >= 15 is 0 Å². The second-order valence-corrected chi connectivity index (χ2v) is 13.6. The number of aromatic nitrogens is 2. The van der Waals surface area contributed by atoms with E-state index in [1.807, 2.05) is 13.8 Å². The number of nitrogens with one attached hydrogen (secondary N) is 1. The van der Waals surface area contributed by atoms with Crippen LogP contribution in [0.2, 0.25) is 0 Å². The van der Waals surface area contributed by atoms with Gasteiger partial charge in [-0.3, -0.25) is 11.7 Å². The zero-order valence-corrected chi connectivity index (χ0v) is 31.9. The Kier molecular flexibility index (Phi) is 11.4. The van der Waals surface area contributed by atoms with Crippen LogP contribution in [0.5, 0.6) is 0 Å². The van der Waals surface area contributed by atoms with Gasteiger partial charge in [0, 0.05) is 39.5 Å². The van der Waals surface area contributed by atoms with Gasteiger partial charge in [0.05, 0.1) is 28.1 Å². The van der Waals surface area contributed by atoms with Crippen LogP contribution in [-0.4, -0.2) is 15.2 Å². The third-order valence-corrected chi connectivity index (χ3v) is 10.5. The van der Waals surface area contributed by atoms with E-state index in [0.29, 0.717) is 0 Å². The van der Waals surface area contributed by atoms with Crippen molar-refractivity contribution in [2.45, 2.75) is 46.2 Å². The average molecular weight is 723 g/mol. The van der Waals surface area contributed by atoms with E-state index in [0.717, 1.165) is 36.3 Å². The highest BCUT2D eigenvalue weighted by molar-refractivity contribution is 6.19. The number of hydrogen-bond acceptors (Lipinski definition) is 4. The minimum atomic E-state index is -0.0427. The van der Waals surface area contributed by atoms with Gasteiger partial charge in [0.1, 0.15) is 0 Å². The summed E-state index contributed by atoms with van der Waals surface area (Å²) in [4.78, 5) is 0. The van der Waals surface area contributed by atoms with Crippen molar-refractivity contribution >= 4 is 55.4 Å². The number of fused-ring (bicyclic) bond motifs is 7. The second kappa shape index (κ2) is 16.9. The molecule has 2 aromatic heterocycles. The number of aryl methyl sites for hydroxylation is 1. The standard InChI is InChI=1S/C47H40N4.C2H6.H4N2/c1-32(26-37(30-48)47(49-31-33-14-4-2-5-15-33)36-25-24-34-16-8-9-17-35(34)27-36)50-43-22-12-10-20-39(43)41-28-42-40-21-11-13-23-44(40)51(46(42)29-45(41)50)38-18-6-3-7-19-38;2*1-2/h2-23,26-30,47,49H,24-25,31,48H2,1H3;1-2H3;1-2H2/b32-26+,37-30+;;. The Hall–Kier alpha value is -6.18. The third kappa shape index (κ3) is 7.11. The molecule has 0 bridgehead atoms. The number of para-hydroxylation sites is 3. The molecule has 7 N–H and O–H groups in total. The van der Waals surface area contributed by atoms with Gasteiger partial charge in [-0.15, -0.1) is 0 Å². The Morgan fingerprint density at radius 1 is 0.655 bits per heavy atom. The molecule has 0 radical (unpaired) electrons. The molecule has 0 saturated carbocycles. The predicted molar refractivity (Wildman–Crippen MR) is 236 cm³/mol. The van der Waals surface area contributed by atoms with Crippen LogP contribution in [0.25, 0.3) is 61.1 Å². The molecule has 1 aliphatic carbocycles. The molecule has 0 aliphatic heterocycles. The predicted octanol–water partition coefficient (Wildman–Crippen LogP) is 10.6. The number of hydrazine groups is 1. The molecular formula is C49H50N6. The second-order valence-electron chi connectivity index (χ2n) is 13.6. The van der Waals surface area contributed by atoms with E-state index in [4.69, 9.17) is 5.73 Å². The zero-order valence-electron chi connectivity index (χ0n) is 31.9. The molecule has 276 valence electrons. The highest BCUT2D eigenvalue weighted by atomic mass is 15.0. The normalized spacial score (nSPS) is 13.5. The molecule has 6 heteroatoms. The highest BCUT2D eigenvalue weighted by Gasteiger charge is 2.23. The molecule has 6 aromatic carbocycles. The smallest absolute Gasteiger partial charge is 0.0562 e. The van der Waals surface area contributed by atoms with Gasteiger partial charge in [0.25, 0.3) is 0 Å². The van der Waals surface area contributed by atoms with Gasteiger partial charge in [-0.25, -0.2) is 0 Å². The molecule has 0 spiro atoms. The van der Waals surface area contributed by atoms with Crippen molar-refractivity contribution in [3.05, 3.63) is 186 Å². The summed E-state index contributed by atoms with van der Waals surface area (Å²) >= 11 is 0. The lowest BCUT2D eigenvalue weighted by Gasteiger charge is -2.27. The summed E-state index contributed by atoms with van der Waals surface area (Å²) in [6.45, 7) is 6.96. The molecule has 6 nitrogen and oxygen atoms in total. The van der Waals surface area contributed by atoms with Gasteiger partial charge in [-0.2, -0.15) is 0 Å². The third-order valence-electron chi connectivity index (χ3n) is 10.5. The molecule has 1 aliphatic rings. The first-order valence-corrected chi connectivity index (χ1v) is 19.2. The van der Waals surface area contributed by atoms with Crippen LogP contribution in [0.15, 0.2) is 169 Å². The van der Waals surface area contributed by atoms with Crippen LogP contribution in [0, 0.1) is 0 Å². The number of nitrogens with zero attached hydrogens (tertiary/aromatic N) is 2. The van der Waals surface area contributed by atoms with Crippen LogP contribution in [0.1, 0.15) is 43.9 Å². The van der Waals surface area contributed by atoms with E-state index in [1.54, 1.807) is 6.20 Å². The van der Waals surface area contributed by atoms with Crippen LogP contribution in [-0.2, 0) is 13.0 Å². The molecule has 1 atom stereocenters. The number of benzene rings is 6. The maximum atomic E-state index is 6.59. The van der Waals surface area contributed by atoms with Crippen LogP contribution < -0.4 is 22.7 Å². The van der Waals surface area contributed by atoms with Crippen molar-refractivity contribution in [2.24, 2.45) is 17.4 Å². The monoisotopic (exact) mass is 722 g/mol. The van der Waals surface area contributed by atoms with Gasteiger partial charge >= 0.3 is 0 Å². The fourth-order valence-electron chi connectivity index (χ4n) is 8.16. The molecule has 2 heterocycles. The summed E-state index contributed by atoms with van der Waals surface area (Å²) in [5.41, 5.74) is 20.0. The average Bonchev–Trinajstić information content (AvgIpc) is 3.76. The summed E-state index contributed by atoms with van der Waals surface area (Å²) in [6.07, 6.45) is 8.45. The van der Waals surface area contributed by atoms with E-state index in [-0.39, 0.29) is 6.04 Å². The Balaban J connectivity index is 0.00000113. The van der Waals surface area contributed by atoms with Crippen LogP contribution >= 0.6 is 0 Å². The molecule has 55 heavy (non-hydrogen) atoms. The quantitative estimate of drug-likeness (QED) is 0.0713. The van der Waals surface area contributed by atoms with E-state index in [9.17, 15) is 0 Å². The fourth-order valence-corrected chi connectivity index (χ4v) is 8.16. The summed E-state index contributed by atoms with van der Waals surface area (Å²) < 4.78 is 4.81. The van der Waals surface area contributed by atoms with Gasteiger partial charge in [0.15, 0.2) is 0 Å². The van der Waals surface area contributed by atoms with Crippen molar-refractivity contribution in [1.82, 2.24) is 14.5 Å². The lowest BCUT2D eigenvalue weighted by atomic mass is 9.86. The van der Waals surface area contributed by atoms with E-state index < -0.39 is 0 Å². The van der Waals surface area contributed by atoms with Crippen molar-refractivity contribution in [2.75, 3.05) is 0 Å². The van der Waals surface area contributed by atoms with Gasteiger partial charge < -0.3 is 20.2 Å². The molecule has 8 aromatic rings. The minimum absolute atomic E-state index is 0.0427. The van der Waals surface area contributed by atoms with Crippen molar-refractivity contribution in [1.29, 1.82) is 0 Å². The molecule has 1 unspecified atom stereocenters. The number of rotatable bonds is 8. The largest absolute Gasteiger partial charge is 0.404 e. The highest BCUT2D eigenvalue weighted by Crippen LogP contribution is 2.40. The first-order chi connectivity index (χ1) is 27.2. The maximum Gasteiger partial charge on any atom is 0.0562 e. The lowest BCUT2D eigenvalue weighted by Crippen LogP contribution is -2.33. The van der Waals surface area contributed by atoms with Gasteiger partial charge in [-0.05, 0) is 96.3 Å². The summed E-state index contributed by atoms with van der Waals surface area (Å²) in [6, 6.07) is 52.3. The van der Waals surface area contributed by atoms with Crippen molar-refractivity contribution < 1.29 is 0 Å². The van der Waals surface area contributed by atoms with E-state index in [2.05, 4.69) is 191 Å². The Morgan fingerprint density at radius 3 is 1.98 bits per heavy atom. The summed E-state index contributed by atoms with van der Waals surface area (Å²) in [5, 5.41) is 8.89. The summed E-state index contributed by atoms with van der Waals surface area (Å²) in [7, 11) is 0. The minimum Gasteiger partial charge on any atom is -0.404 e. The number of nitrogens with two attached hydrogens (primary N) is 3. The topological polar surface area (TPSA) is 99.9 Å². The fraction of sp³-hybridized carbons (Fsp3) is 0.143. The lowest BCUT2D eigenvalue weighted by molar-refractivity contribution is 0.615. The zero-order chi connectivity index (χ0) is 38.3. The number of allylic oxidation sites excluding steroid dienone is 1. The molecule has 0 amide bonds. The first-order valence-electron chi connectivity index (χ1n) is 19.2. The van der Waals surface area contributed by atoms with E-state index in [1.165, 1.54) is 65.9 Å². The van der Waals surface area contributed by atoms with Crippen LogP contribution in [0.4, 0.5) is 0 Å². The molecular weight excluding hydrogens is 673 g/mol. The Morgan fingerprint density at radius 2 is 1.25 bits per heavy atom. The maximum absolute atomic E-state index is 6.59. The van der Waals surface area contributed by atoms with Crippen molar-refractivity contribution in [3.8, 4) is 5.69 Å². The van der Waals surface area contributed by atoms with Crippen LogP contribution in [0.3, 0.4) is 0 Å². The summed E-state index contributed by atoms with van der Waals surface area (Å²) in [5.74, 6) is 8.00. The van der Waals surface area contributed by atoms with Gasteiger partial charge in [0.2, 0.25) is 0 Å². The Labute approximate surface area is 323 Å². The SMILES string of the molecule is C/C(=C\C(=C/N)C(NCc1ccccc1)C1=Cc2ccccc2CC1)n1c2ccccc2c2cc3c4ccccc4n(-c4ccccc4)c3cc21.CC.NN. The van der Waals surface area contributed by atoms with Crippen molar-refractivity contribution in [3.63, 3.8) is 0 Å². The molecule has 9 rings (SSSR count). The molecule has 0 saturated heterocycles. The number of hydrogen-bond donors (Lipinski definition) is 4. The van der Waals surface area contributed by atoms with Gasteiger partial charge in [-0.1, -0.05) is 129 Å².